The summed E-state index contributed by atoms with van der Waals surface area (Å²) in [6.07, 6.45) is -0.905. The Labute approximate surface area is 148 Å². The third-order valence-electron chi connectivity index (χ3n) is 4.17. The lowest BCUT2D eigenvalue weighted by molar-refractivity contribution is 0.122. The number of rotatable bonds is 6. The minimum atomic E-state index is -3.62. The predicted octanol–water partition coefficient (Wildman–Crippen LogP) is 1.54. The fraction of sp³-hybridized carbons (Fsp3) is 0.333. The number of morpholine rings is 1. The predicted molar refractivity (Wildman–Crippen MR) is 96.1 cm³/mol. The third kappa shape index (κ3) is 4.58. The average Bonchev–Trinajstić information content (AvgIpc) is 2.68. The van der Waals surface area contributed by atoms with E-state index < -0.39 is 16.1 Å². The Morgan fingerprint density at radius 3 is 2.32 bits per heavy atom. The molecular weight excluding hydrogens is 340 g/mol. The number of nitrogens with zero attached hydrogens (tertiary/aromatic N) is 1. The number of aliphatic hydroxyl groups is 1. The number of anilines is 1. The fourth-order valence-corrected chi connectivity index (χ4v) is 3.78. The van der Waals surface area contributed by atoms with Gasteiger partial charge in [0.2, 0.25) is 10.0 Å². The molecule has 0 aromatic heterocycles. The molecule has 2 aromatic carbocycles. The summed E-state index contributed by atoms with van der Waals surface area (Å²) in [7, 11) is -3.62. The van der Waals surface area contributed by atoms with Crippen LogP contribution in [0.25, 0.3) is 0 Å². The smallest absolute Gasteiger partial charge is 0.240 e. The molecule has 0 saturated carbocycles. The van der Waals surface area contributed by atoms with Gasteiger partial charge in [-0.1, -0.05) is 30.3 Å². The summed E-state index contributed by atoms with van der Waals surface area (Å²) in [5.41, 5.74) is 1.75. The summed E-state index contributed by atoms with van der Waals surface area (Å²) >= 11 is 0. The van der Waals surface area contributed by atoms with Gasteiger partial charge < -0.3 is 14.7 Å². The zero-order valence-corrected chi connectivity index (χ0v) is 14.7. The van der Waals surface area contributed by atoms with Crippen molar-refractivity contribution in [2.24, 2.45) is 0 Å². The first-order chi connectivity index (χ1) is 12.1. The van der Waals surface area contributed by atoms with Crippen molar-refractivity contribution in [3.8, 4) is 0 Å². The number of aliphatic hydroxyl groups excluding tert-OH is 1. The molecule has 1 saturated heterocycles. The Morgan fingerprint density at radius 1 is 1.04 bits per heavy atom. The van der Waals surface area contributed by atoms with E-state index in [1.54, 1.807) is 18.2 Å². The van der Waals surface area contributed by atoms with Gasteiger partial charge in [-0.25, -0.2) is 13.1 Å². The van der Waals surface area contributed by atoms with E-state index in [4.69, 9.17) is 4.74 Å². The molecule has 1 unspecified atom stereocenters. The molecule has 3 rings (SSSR count). The van der Waals surface area contributed by atoms with E-state index in [2.05, 4.69) is 9.62 Å². The van der Waals surface area contributed by atoms with Gasteiger partial charge in [-0.2, -0.15) is 0 Å². The van der Waals surface area contributed by atoms with Gasteiger partial charge in [0.25, 0.3) is 0 Å². The molecule has 1 atom stereocenters. The van der Waals surface area contributed by atoms with Gasteiger partial charge in [0.15, 0.2) is 0 Å². The van der Waals surface area contributed by atoms with Crippen LogP contribution in [0.5, 0.6) is 0 Å². The van der Waals surface area contributed by atoms with Crippen LogP contribution < -0.4 is 9.62 Å². The highest BCUT2D eigenvalue weighted by atomic mass is 32.2. The topological polar surface area (TPSA) is 78.9 Å². The number of benzene rings is 2. The lowest BCUT2D eigenvalue weighted by atomic mass is 10.1. The molecular formula is C18H22N2O4S. The van der Waals surface area contributed by atoms with Crippen molar-refractivity contribution < 1.29 is 18.3 Å². The van der Waals surface area contributed by atoms with E-state index in [1.807, 2.05) is 24.3 Å². The lowest BCUT2D eigenvalue weighted by Gasteiger charge is -2.29. The van der Waals surface area contributed by atoms with E-state index in [1.165, 1.54) is 12.1 Å². The van der Waals surface area contributed by atoms with Crippen molar-refractivity contribution in [3.05, 3.63) is 60.2 Å². The highest BCUT2D eigenvalue weighted by molar-refractivity contribution is 7.89. The molecule has 134 valence electrons. The molecule has 2 aromatic rings. The molecule has 6 nitrogen and oxygen atoms in total. The number of sulfonamides is 1. The molecule has 0 radical (unpaired) electrons. The maximum atomic E-state index is 12.2. The van der Waals surface area contributed by atoms with E-state index in [-0.39, 0.29) is 11.4 Å². The molecule has 1 aliphatic heterocycles. The van der Waals surface area contributed by atoms with Crippen LogP contribution in [0.1, 0.15) is 11.7 Å². The Bertz CT molecular complexity index is 772. The van der Waals surface area contributed by atoms with Gasteiger partial charge in [0.1, 0.15) is 0 Å². The molecule has 1 heterocycles. The van der Waals surface area contributed by atoms with Crippen molar-refractivity contribution >= 4 is 15.7 Å². The van der Waals surface area contributed by atoms with Gasteiger partial charge in [0.05, 0.1) is 24.2 Å². The summed E-state index contributed by atoms with van der Waals surface area (Å²) < 4.78 is 32.2. The maximum absolute atomic E-state index is 12.2. The van der Waals surface area contributed by atoms with Crippen molar-refractivity contribution in [3.63, 3.8) is 0 Å². The van der Waals surface area contributed by atoms with Gasteiger partial charge >= 0.3 is 0 Å². The molecule has 1 fully saturated rings. The quantitative estimate of drug-likeness (QED) is 0.815. The lowest BCUT2D eigenvalue weighted by Crippen LogP contribution is -2.36. The van der Waals surface area contributed by atoms with Crippen LogP contribution in [0.3, 0.4) is 0 Å². The largest absolute Gasteiger partial charge is 0.387 e. The van der Waals surface area contributed by atoms with Crippen molar-refractivity contribution in [1.29, 1.82) is 0 Å². The minimum Gasteiger partial charge on any atom is -0.387 e. The minimum absolute atomic E-state index is 0.0753. The normalized spacial score (nSPS) is 16.6. The van der Waals surface area contributed by atoms with Gasteiger partial charge in [0, 0.05) is 25.3 Å². The summed E-state index contributed by atoms with van der Waals surface area (Å²) in [6.45, 7) is 3.04. The highest BCUT2D eigenvalue weighted by Gasteiger charge is 2.17. The van der Waals surface area contributed by atoms with Crippen molar-refractivity contribution in [2.45, 2.75) is 11.0 Å². The van der Waals surface area contributed by atoms with Crippen LogP contribution >= 0.6 is 0 Å². The maximum Gasteiger partial charge on any atom is 0.240 e. The van der Waals surface area contributed by atoms with E-state index >= 15 is 0 Å². The molecule has 25 heavy (non-hydrogen) atoms. The zero-order chi connectivity index (χ0) is 17.7. The van der Waals surface area contributed by atoms with Crippen molar-refractivity contribution in [2.75, 3.05) is 37.7 Å². The highest BCUT2D eigenvalue weighted by Crippen LogP contribution is 2.20. The zero-order valence-electron chi connectivity index (χ0n) is 13.8. The van der Waals surface area contributed by atoms with Gasteiger partial charge in [-0.3, -0.25) is 0 Å². The fourth-order valence-electron chi connectivity index (χ4n) is 2.72. The standard InChI is InChI=1S/C18H22N2O4S/c21-18(14-19-25(22,23)17-4-2-1-3-5-17)15-6-8-16(9-7-15)20-10-12-24-13-11-20/h1-9,18-19,21H,10-14H2. The van der Waals surface area contributed by atoms with Crippen LogP contribution in [0, 0.1) is 0 Å². The van der Waals surface area contributed by atoms with E-state index in [0.717, 1.165) is 18.8 Å². The second-order valence-corrected chi connectivity index (χ2v) is 7.64. The van der Waals surface area contributed by atoms with Gasteiger partial charge in [-0.15, -0.1) is 0 Å². The van der Waals surface area contributed by atoms with Crippen LogP contribution in [-0.2, 0) is 14.8 Å². The Kier molecular flexibility index (Phi) is 5.70. The van der Waals surface area contributed by atoms with Crippen LogP contribution in [0.4, 0.5) is 5.69 Å². The molecule has 0 amide bonds. The first kappa shape index (κ1) is 17.9. The second-order valence-electron chi connectivity index (χ2n) is 5.87. The summed E-state index contributed by atoms with van der Waals surface area (Å²) in [5, 5.41) is 10.3. The van der Waals surface area contributed by atoms with E-state index in [9.17, 15) is 13.5 Å². The molecule has 0 aliphatic carbocycles. The third-order valence-corrected chi connectivity index (χ3v) is 5.61. The summed E-state index contributed by atoms with van der Waals surface area (Å²) in [5.74, 6) is 0. The van der Waals surface area contributed by atoms with Crippen LogP contribution in [0.15, 0.2) is 59.5 Å². The molecule has 1 aliphatic rings. The number of ether oxygens (including phenoxy) is 1. The SMILES string of the molecule is O=S(=O)(NCC(O)c1ccc(N2CCOCC2)cc1)c1ccccc1. The molecule has 0 spiro atoms. The Morgan fingerprint density at radius 2 is 1.68 bits per heavy atom. The Balaban J connectivity index is 1.60. The molecule has 2 N–H and O–H groups in total. The number of hydrogen-bond acceptors (Lipinski definition) is 5. The first-order valence-corrected chi connectivity index (χ1v) is 9.70. The van der Waals surface area contributed by atoms with Crippen LogP contribution in [-0.4, -0.2) is 46.4 Å². The Hall–Kier alpha value is -1.93. The summed E-state index contributed by atoms with van der Waals surface area (Å²) in [4.78, 5) is 2.41. The average molecular weight is 362 g/mol. The first-order valence-electron chi connectivity index (χ1n) is 8.22. The van der Waals surface area contributed by atoms with Crippen LogP contribution in [0.2, 0.25) is 0 Å². The van der Waals surface area contributed by atoms with Crippen molar-refractivity contribution in [1.82, 2.24) is 4.72 Å². The summed E-state index contributed by atoms with van der Waals surface area (Å²) in [6, 6.07) is 15.6. The van der Waals surface area contributed by atoms with Gasteiger partial charge in [-0.05, 0) is 29.8 Å². The van der Waals surface area contributed by atoms with E-state index in [0.29, 0.717) is 18.8 Å². The molecule has 7 heteroatoms. The second kappa shape index (κ2) is 7.97. The monoisotopic (exact) mass is 362 g/mol. The molecule has 0 bridgehead atoms. The number of hydrogen-bond donors (Lipinski definition) is 2. The number of nitrogens with one attached hydrogen (secondary N) is 1.